The maximum Gasteiger partial charge on any atom is 0.338 e. The SMILES string of the molecule is CCCOC(=O)C1OC1(CC)c1ccc(C)cc1. The third-order valence-corrected chi connectivity index (χ3v) is 3.42. The molecular formula is C15H20O3. The van der Waals surface area contributed by atoms with Crippen molar-refractivity contribution in [2.75, 3.05) is 6.61 Å². The van der Waals surface area contributed by atoms with Crippen molar-refractivity contribution < 1.29 is 14.3 Å². The number of rotatable bonds is 5. The van der Waals surface area contributed by atoms with Gasteiger partial charge in [-0.2, -0.15) is 0 Å². The third kappa shape index (κ3) is 2.27. The van der Waals surface area contributed by atoms with Gasteiger partial charge in [0.1, 0.15) is 5.60 Å². The fraction of sp³-hybridized carbons (Fsp3) is 0.533. The summed E-state index contributed by atoms with van der Waals surface area (Å²) < 4.78 is 10.8. The molecule has 0 amide bonds. The summed E-state index contributed by atoms with van der Waals surface area (Å²) in [5, 5.41) is 0. The normalized spacial score (nSPS) is 25.8. The predicted octanol–water partition coefficient (Wildman–Crippen LogP) is 2.95. The molecule has 0 saturated carbocycles. The zero-order valence-electron chi connectivity index (χ0n) is 11.2. The molecule has 1 heterocycles. The minimum atomic E-state index is -0.460. The maximum atomic E-state index is 11.8. The van der Waals surface area contributed by atoms with Gasteiger partial charge in [-0.05, 0) is 25.3 Å². The summed E-state index contributed by atoms with van der Waals surface area (Å²) in [4.78, 5) is 11.8. The van der Waals surface area contributed by atoms with Gasteiger partial charge in [-0.1, -0.05) is 43.7 Å². The van der Waals surface area contributed by atoms with Crippen LogP contribution in [-0.2, 0) is 19.9 Å². The number of hydrogen-bond acceptors (Lipinski definition) is 3. The van der Waals surface area contributed by atoms with E-state index in [0.717, 1.165) is 18.4 Å². The number of esters is 1. The highest BCUT2D eigenvalue weighted by Gasteiger charge is 2.61. The first-order valence-corrected chi connectivity index (χ1v) is 6.55. The quantitative estimate of drug-likeness (QED) is 0.594. The highest BCUT2D eigenvalue weighted by Crippen LogP contribution is 2.49. The van der Waals surface area contributed by atoms with Crippen LogP contribution in [0.5, 0.6) is 0 Å². The van der Waals surface area contributed by atoms with E-state index in [1.807, 2.05) is 45.0 Å². The molecule has 3 heteroatoms. The summed E-state index contributed by atoms with van der Waals surface area (Å²) in [6, 6.07) is 8.16. The second kappa shape index (κ2) is 5.11. The Morgan fingerprint density at radius 1 is 1.33 bits per heavy atom. The number of epoxide rings is 1. The lowest BCUT2D eigenvalue weighted by Crippen LogP contribution is -2.21. The minimum absolute atomic E-state index is 0.237. The van der Waals surface area contributed by atoms with Gasteiger partial charge in [0, 0.05) is 0 Å². The first-order valence-electron chi connectivity index (χ1n) is 6.55. The largest absolute Gasteiger partial charge is 0.464 e. The van der Waals surface area contributed by atoms with Crippen LogP contribution in [0.1, 0.15) is 37.8 Å². The molecule has 0 spiro atoms. The summed E-state index contributed by atoms with van der Waals surface area (Å²) in [5.41, 5.74) is 1.81. The summed E-state index contributed by atoms with van der Waals surface area (Å²) in [7, 11) is 0. The number of hydrogen-bond donors (Lipinski definition) is 0. The Morgan fingerprint density at radius 3 is 2.56 bits per heavy atom. The van der Waals surface area contributed by atoms with Gasteiger partial charge in [0.15, 0.2) is 6.10 Å². The Bertz CT molecular complexity index is 424. The summed E-state index contributed by atoms with van der Waals surface area (Å²) in [6.45, 7) is 6.52. The monoisotopic (exact) mass is 248 g/mol. The standard InChI is InChI=1S/C15H20O3/c1-4-10-17-14(16)13-15(5-2,18-13)12-8-6-11(3)7-9-12/h6-9,13H,4-5,10H2,1-3H3. The Hall–Kier alpha value is -1.35. The fourth-order valence-corrected chi connectivity index (χ4v) is 2.22. The fourth-order valence-electron chi connectivity index (χ4n) is 2.22. The first-order chi connectivity index (χ1) is 8.64. The van der Waals surface area contributed by atoms with Crippen molar-refractivity contribution in [2.24, 2.45) is 0 Å². The molecule has 1 fully saturated rings. The van der Waals surface area contributed by atoms with Crippen molar-refractivity contribution >= 4 is 5.97 Å². The molecule has 2 atom stereocenters. The smallest absolute Gasteiger partial charge is 0.338 e. The zero-order chi connectivity index (χ0) is 13.2. The van der Waals surface area contributed by atoms with E-state index in [2.05, 4.69) is 0 Å². The predicted molar refractivity (Wildman–Crippen MR) is 69.3 cm³/mol. The Kier molecular flexibility index (Phi) is 3.71. The van der Waals surface area contributed by atoms with Crippen molar-refractivity contribution in [2.45, 2.75) is 45.3 Å². The van der Waals surface area contributed by atoms with Gasteiger partial charge in [-0.3, -0.25) is 0 Å². The maximum absolute atomic E-state index is 11.8. The molecular weight excluding hydrogens is 228 g/mol. The van der Waals surface area contributed by atoms with Crippen LogP contribution in [-0.4, -0.2) is 18.7 Å². The van der Waals surface area contributed by atoms with Crippen LogP contribution < -0.4 is 0 Å². The van der Waals surface area contributed by atoms with Gasteiger partial charge in [0.05, 0.1) is 6.61 Å². The van der Waals surface area contributed by atoms with Crippen LogP contribution in [0.3, 0.4) is 0 Å². The van der Waals surface area contributed by atoms with Gasteiger partial charge in [-0.25, -0.2) is 4.79 Å². The minimum Gasteiger partial charge on any atom is -0.464 e. The molecule has 0 N–H and O–H groups in total. The van der Waals surface area contributed by atoms with Crippen molar-refractivity contribution in [1.29, 1.82) is 0 Å². The van der Waals surface area contributed by atoms with Gasteiger partial charge < -0.3 is 9.47 Å². The van der Waals surface area contributed by atoms with Crippen LogP contribution in [0.2, 0.25) is 0 Å². The number of benzene rings is 1. The molecule has 1 aliphatic heterocycles. The molecule has 0 bridgehead atoms. The topological polar surface area (TPSA) is 38.8 Å². The van der Waals surface area contributed by atoms with Crippen LogP contribution in [0.15, 0.2) is 24.3 Å². The summed E-state index contributed by atoms with van der Waals surface area (Å²) >= 11 is 0. The van der Waals surface area contributed by atoms with Crippen LogP contribution >= 0.6 is 0 Å². The molecule has 1 aliphatic rings. The highest BCUT2D eigenvalue weighted by molar-refractivity contribution is 5.80. The molecule has 1 aromatic carbocycles. The first kappa shape index (κ1) is 13.1. The Labute approximate surface area is 108 Å². The van der Waals surface area contributed by atoms with E-state index in [-0.39, 0.29) is 5.97 Å². The van der Waals surface area contributed by atoms with E-state index in [0.29, 0.717) is 6.61 Å². The molecule has 1 saturated heterocycles. The second-order valence-corrected chi connectivity index (χ2v) is 4.77. The van der Waals surface area contributed by atoms with Gasteiger partial charge >= 0.3 is 5.97 Å². The number of aryl methyl sites for hydroxylation is 1. The number of carbonyl (C=O) groups is 1. The van der Waals surface area contributed by atoms with Crippen molar-refractivity contribution in [1.82, 2.24) is 0 Å². The van der Waals surface area contributed by atoms with E-state index < -0.39 is 11.7 Å². The Balaban J connectivity index is 2.11. The van der Waals surface area contributed by atoms with E-state index in [4.69, 9.17) is 9.47 Å². The van der Waals surface area contributed by atoms with Gasteiger partial charge in [0.2, 0.25) is 0 Å². The molecule has 0 radical (unpaired) electrons. The van der Waals surface area contributed by atoms with Crippen molar-refractivity contribution in [3.8, 4) is 0 Å². The average molecular weight is 248 g/mol. The lowest BCUT2D eigenvalue weighted by atomic mass is 9.92. The van der Waals surface area contributed by atoms with Crippen molar-refractivity contribution in [3.63, 3.8) is 0 Å². The third-order valence-electron chi connectivity index (χ3n) is 3.42. The second-order valence-electron chi connectivity index (χ2n) is 4.77. The molecule has 3 nitrogen and oxygen atoms in total. The van der Waals surface area contributed by atoms with Gasteiger partial charge in [0.25, 0.3) is 0 Å². The molecule has 2 unspecified atom stereocenters. The van der Waals surface area contributed by atoms with Crippen LogP contribution in [0.25, 0.3) is 0 Å². The van der Waals surface area contributed by atoms with Crippen LogP contribution in [0.4, 0.5) is 0 Å². The number of carbonyl (C=O) groups excluding carboxylic acids is 1. The molecule has 1 aromatic rings. The molecule has 98 valence electrons. The van der Waals surface area contributed by atoms with E-state index in [1.165, 1.54) is 5.56 Å². The lowest BCUT2D eigenvalue weighted by Gasteiger charge is -2.11. The van der Waals surface area contributed by atoms with E-state index >= 15 is 0 Å². The summed E-state index contributed by atoms with van der Waals surface area (Å²) in [5.74, 6) is -0.237. The lowest BCUT2D eigenvalue weighted by molar-refractivity contribution is -0.145. The van der Waals surface area contributed by atoms with Crippen LogP contribution in [0, 0.1) is 6.92 Å². The molecule has 0 aromatic heterocycles. The average Bonchev–Trinajstić information content (AvgIpc) is 3.13. The van der Waals surface area contributed by atoms with Crippen molar-refractivity contribution in [3.05, 3.63) is 35.4 Å². The summed E-state index contributed by atoms with van der Waals surface area (Å²) in [6.07, 6.45) is 1.18. The van der Waals surface area contributed by atoms with E-state index in [9.17, 15) is 4.79 Å². The zero-order valence-corrected chi connectivity index (χ0v) is 11.2. The molecule has 0 aliphatic carbocycles. The van der Waals surface area contributed by atoms with E-state index in [1.54, 1.807) is 0 Å². The molecule has 18 heavy (non-hydrogen) atoms. The number of ether oxygens (including phenoxy) is 2. The van der Waals surface area contributed by atoms with Gasteiger partial charge in [-0.15, -0.1) is 0 Å². The highest BCUT2D eigenvalue weighted by atomic mass is 16.7. The molecule has 2 rings (SSSR count). The Morgan fingerprint density at radius 2 is 2.00 bits per heavy atom.